The van der Waals surface area contributed by atoms with Crippen molar-refractivity contribution in [2.75, 3.05) is 22.9 Å². The highest BCUT2D eigenvalue weighted by atomic mass is 32.1. The van der Waals surface area contributed by atoms with Gasteiger partial charge in [-0.15, -0.1) is 0 Å². The van der Waals surface area contributed by atoms with Gasteiger partial charge in [-0.25, -0.2) is 15.0 Å². The lowest BCUT2D eigenvalue weighted by molar-refractivity contribution is 0.103. The van der Waals surface area contributed by atoms with E-state index in [1.807, 2.05) is 6.92 Å². The monoisotopic (exact) mass is 264 g/mol. The molecule has 0 aliphatic carbocycles. The number of nitrogen functional groups attached to an aromatic ring is 1. The molecule has 0 unspecified atom stereocenters. The van der Waals surface area contributed by atoms with Gasteiger partial charge in [-0.05, 0) is 6.92 Å². The molecule has 0 aromatic carbocycles. The number of amides is 1. The van der Waals surface area contributed by atoms with Crippen LogP contribution in [0.3, 0.4) is 0 Å². The topological polar surface area (TPSA) is 106 Å². The van der Waals surface area contributed by atoms with Crippen LogP contribution >= 0.6 is 11.3 Å². The molecule has 0 saturated heterocycles. The second-order valence-corrected chi connectivity index (χ2v) is 4.34. The fraction of sp³-hybridized carbons (Fsp3) is 0.200. The normalized spacial score (nSPS) is 10.1. The number of nitrogens with zero attached hydrogens (tertiary/aromatic N) is 3. The lowest BCUT2D eigenvalue weighted by Gasteiger charge is -2.01. The summed E-state index contributed by atoms with van der Waals surface area (Å²) in [7, 11) is 0. The first-order chi connectivity index (χ1) is 8.70. The van der Waals surface area contributed by atoms with Crippen molar-refractivity contribution in [3.05, 3.63) is 23.6 Å². The van der Waals surface area contributed by atoms with E-state index in [-0.39, 0.29) is 11.7 Å². The maximum absolute atomic E-state index is 11.9. The van der Waals surface area contributed by atoms with Crippen molar-refractivity contribution in [1.82, 2.24) is 15.0 Å². The van der Waals surface area contributed by atoms with Gasteiger partial charge in [0.1, 0.15) is 17.0 Å². The zero-order chi connectivity index (χ0) is 13.0. The zero-order valence-electron chi connectivity index (χ0n) is 9.67. The molecule has 1 amide bonds. The van der Waals surface area contributed by atoms with E-state index in [0.717, 1.165) is 6.54 Å². The molecule has 2 heterocycles. The van der Waals surface area contributed by atoms with E-state index < -0.39 is 0 Å². The first kappa shape index (κ1) is 12.2. The second-order valence-electron chi connectivity index (χ2n) is 3.34. The molecule has 2 aromatic rings. The fourth-order valence-electron chi connectivity index (χ4n) is 1.27. The van der Waals surface area contributed by atoms with Crippen molar-refractivity contribution in [2.45, 2.75) is 6.92 Å². The molecule has 4 N–H and O–H groups in total. The van der Waals surface area contributed by atoms with E-state index in [2.05, 4.69) is 25.6 Å². The minimum Gasteiger partial charge on any atom is -0.382 e. The Balaban J connectivity index is 2.14. The molecule has 2 aromatic heterocycles. The highest BCUT2D eigenvalue weighted by Gasteiger charge is 2.16. The molecule has 0 fully saturated rings. The van der Waals surface area contributed by atoms with E-state index in [1.165, 1.54) is 30.1 Å². The molecule has 0 aliphatic rings. The predicted octanol–water partition coefficient (Wildman–Crippen LogP) is 1.20. The molecule has 0 atom stereocenters. The Morgan fingerprint density at radius 1 is 1.44 bits per heavy atom. The molecule has 0 bridgehead atoms. The third-order valence-electron chi connectivity index (χ3n) is 2.01. The number of nitrogens with two attached hydrogens (primary N) is 1. The van der Waals surface area contributed by atoms with Crippen LogP contribution in [0.25, 0.3) is 0 Å². The third-order valence-corrected chi connectivity index (χ3v) is 3.03. The second kappa shape index (κ2) is 5.41. The third kappa shape index (κ3) is 2.72. The van der Waals surface area contributed by atoms with Crippen LogP contribution in [0.15, 0.2) is 18.7 Å². The van der Waals surface area contributed by atoms with Crippen LogP contribution in [0, 0.1) is 0 Å². The Labute approximate surface area is 107 Å². The number of aromatic nitrogens is 3. The minimum absolute atomic E-state index is 0.213. The standard InChI is InChI=1S/C10H12N6OS/c1-2-14-10-16-8(11)7(18-10)9(17)15-6-3-12-5-13-4-6/h3-5H,2,11H2,1H3,(H,14,16)(H,15,17). The lowest BCUT2D eigenvalue weighted by atomic mass is 10.4. The van der Waals surface area contributed by atoms with Gasteiger partial charge in [-0.3, -0.25) is 4.79 Å². The molecule has 94 valence electrons. The maximum atomic E-state index is 11.9. The van der Waals surface area contributed by atoms with Crippen molar-refractivity contribution in [2.24, 2.45) is 0 Å². The molecule has 0 saturated carbocycles. The Morgan fingerprint density at radius 3 is 2.83 bits per heavy atom. The molecule has 2 rings (SSSR count). The Bertz CT molecular complexity index is 541. The molecule has 7 nitrogen and oxygen atoms in total. The summed E-state index contributed by atoms with van der Waals surface area (Å²) in [5.41, 5.74) is 6.21. The zero-order valence-corrected chi connectivity index (χ0v) is 10.5. The summed E-state index contributed by atoms with van der Waals surface area (Å²) in [6, 6.07) is 0. The summed E-state index contributed by atoms with van der Waals surface area (Å²) in [4.78, 5) is 24.0. The van der Waals surface area contributed by atoms with Crippen LogP contribution < -0.4 is 16.4 Å². The fourth-order valence-corrected chi connectivity index (χ4v) is 2.12. The Hall–Kier alpha value is -2.22. The minimum atomic E-state index is -0.316. The first-order valence-corrected chi connectivity index (χ1v) is 6.09. The number of anilines is 3. The molecule has 0 radical (unpaired) electrons. The van der Waals surface area contributed by atoms with E-state index in [1.54, 1.807) is 0 Å². The summed E-state index contributed by atoms with van der Waals surface area (Å²) in [5.74, 6) is -0.103. The highest BCUT2D eigenvalue weighted by Crippen LogP contribution is 2.25. The van der Waals surface area contributed by atoms with Crippen molar-refractivity contribution in [1.29, 1.82) is 0 Å². The highest BCUT2D eigenvalue weighted by molar-refractivity contribution is 7.18. The summed E-state index contributed by atoms with van der Waals surface area (Å²) >= 11 is 1.21. The van der Waals surface area contributed by atoms with Gasteiger partial charge in [0.25, 0.3) is 5.91 Å². The van der Waals surface area contributed by atoms with Gasteiger partial charge >= 0.3 is 0 Å². The predicted molar refractivity (Wildman–Crippen MR) is 70.7 cm³/mol. The van der Waals surface area contributed by atoms with E-state index >= 15 is 0 Å². The van der Waals surface area contributed by atoms with Crippen molar-refractivity contribution in [3.8, 4) is 0 Å². The number of nitrogens with one attached hydrogen (secondary N) is 2. The van der Waals surface area contributed by atoms with Crippen LogP contribution in [0.4, 0.5) is 16.6 Å². The SMILES string of the molecule is CCNc1nc(N)c(C(=O)Nc2cncnc2)s1. The first-order valence-electron chi connectivity index (χ1n) is 5.27. The average molecular weight is 264 g/mol. The molecule has 8 heteroatoms. The molecule has 0 spiro atoms. The summed E-state index contributed by atoms with van der Waals surface area (Å²) in [6.07, 6.45) is 4.40. The van der Waals surface area contributed by atoms with Gasteiger partial charge in [-0.1, -0.05) is 11.3 Å². The van der Waals surface area contributed by atoms with E-state index in [0.29, 0.717) is 15.7 Å². The molecular weight excluding hydrogens is 252 g/mol. The quantitative estimate of drug-likeness (QED) is 0.766. The number of rotatable bonds is 4. The number of thiazole rings is 1. The van der Waals surface area contributed by atoms with Crippen LogP contribution in [-0.2, 0) is 0 Å². The number of carbonyl (C=O) groups excluding carboxylic acids is 1. The van der Waals surface area contributed by atoms with Gasteiger partial charge in [0.15, 0.2) is 5.13 Å². The lowest BCUT2D eigenvalue weighted by Crippen LogP contribution is -2.12. The summed E-state index contributed by atoms with van der Waals surface area (Å²) in [6.45, 7) is 2.67. The molecule has 18 heavy (non-hydrogen) atoms. The van der Waals surface area contributed by atoms with Gasteiger partial charge in [-0.2, -0.15) is 0 Å². The van der Waals surface area contributed by atoms with Gasteiger partial charge in [0, 0.05) is 6.54 Å². The van der Waals surface area contributed by atoms with E-state index in [4.69, 9.17) is 5.73 Å². The molecular formula is C10H12N6OS. The number of carbonyl (C=O) groups is 1. The average Bonchev–Trinajstić information content (AvgIpc) is 2.72. The van der Waals surface area contributed by atoms with Gasteiger partial charge in [0.05, 0.1) is 18.1 Å². The largest absolute Gasteiger partial charge is 0.382 e. The van der Waals surface area contributed by atoms with Crippen LogP contribution in [0.2, 0.25) is 0 Å². The maximum Gasteiger partial charge on any atom is 0.269 e. The van der Waals surface area contributed by atoms with Crippen LogP contribution in [-0.4, -0.2) is 27.4 Å². The smallest absolute Gasteiger partial charge is 0.269 e. The number of hydrogen-bond donors (Lipinski definition) is 3. The van der Waals surface area contributed by atoms with Crippen molar-refractivity contribution < 1.29 is 4.79 Å². The summed E-state index contributed by atoms with van der Waals surface area (Å²) < 4.78 is 0. The number of hydrogen-bond acceptors (Lipinski definition) is 7. The van der Waals surface area contributed by atoms with Crippen molar-refractivity contribution >= 4 is 33.9 Å². The Kier molecular flexibility index (Phi) is 3.68. The van der Waals surface area contributed by atoms with Gasteiger partial charge in [0.2, 0.25) is 0 Å². The van der Waals surface area contributed by atoms with Gasteiger partial charge < -0.3 is 16.4 Å². The van der Waals surface area contributed by atoms with Crippen LogP contribution in [0.5, 0.6) is 0 Å². The summed E-state index contributed by atoms with van der Waals surface area (Å²) in [5, 5.41) is 6.29. The van der Waals surface area contributed by atoms with E-state index in [9.17, 15) is 4.79 Å². The Morgan fingerprint density at radius 2 is 2.17 bits per heavy atom. The van der Waals surface area contributed by atoms with Crippen molar-refractivity contribution in [3.63, 3.8) is 0 Å². The molecule has 0 aliphatic heterocycles. The van der Waals surface area contributed by atoms with Crippen LogP contribution in [0.1, 0.15) is 16.6 Å².